The lowest BCUT2D eigenvalue weighted by molar-refractivity contribution is -0.130. The van der Waals surface area contributed by atoms with Crippen LogP contribution in [0.4, 0.5) is 15.8 Å². The molecule has 12 heteroatoms. The van der Waals surface area contributed by atoms with Crippen molar-refractivity contribution in [3.8, 4) is 16.8 Å². The van der Waals surface area contributed by atoms with Crippen LogP contribution < -0.4 is 15.8 Å². The lowest BCUT2D eigenvalue weighted by Gasteiger charge is -2.48. The Labute approximate surface area is 274 Å². The highest BCUT2D eigenvalue weighted by Crippen LogP contribution is 2.47. The van der Waals surface area contributed by atoms with Crippen molar-refractivity contribution in [2.45, 2.75) is 52.6 Å². The van der Waals surface area contributed by atoms with Crippen LogP contribution in [0.25, 0.3) is 38.6 Å². The molecule has 2 aliphatic rings. The Bertz CT molecular complexity index is 2240. The molecule has 2 atom stereocenters. The Kier molecular flexibility index (Phi) is 7.20. The first-order valence-corrected chi connectivity index (χ1v) is 15.8. The average Bonchev–Trinajstić information content (AvgIpc) is 3.51. The van der Waals surface area contributed by atoms with E-state index in [1.807, 2.05) is 46.8 Å². The number of nitrogens with zero attached hydrogens (tertiary/aromatic N) is 5. The fraction of sp³-hybridized carbons (Fsp3) is 0.286. The first-order valence-electron chi connectivity index (χ1n) is 15.4. The maximum atomic E-state index is 16.8. The number of pyridine rings is 2. The summed E-state index contributed by atoms with van der Waals surface area (Å²) in [6.07, 6.45) is 4.54. The molecule has 47 heavy (non-hydrogen) atoms. The Hall–Kier alpha value is -5.03. The van der Waals surface area contributed by atoms with Crippen molar-refractivity contribution in [1.29, 1.82) is 0 Å². The molecule has 0 aliphatic carbocycles. The molecular formula is C35H33ClFN7O3. The van der Waals surface area contributed by atoms with Crippen LogP contribution >= 0.6 is 11.6 Å². The molecule has 0 saturated carbocycles. The van der Waals surface area contributed by atoms with E-state index < -0.39 is 23.3 Å². The van der Waals surface area contributed by atoms with Crippen LogP contribution in [0, 0.1) is 19.7 Å². The summed E-state index contributed by atoms with van der Waals surface area (Å²) in [4.78, 5) is 49.2. The van der Waals surface area contributed by atoms with E-state index in [0.29, 0.717) is 38.9 Å². The summed E-state index contributed by atoms with van der Waals surface area (Å²) in [6, 6.07) is 5.78. The summed E-state index contributed by atoms with van der Waals surface area (Å²) in [5.74, 6) is -1.42. The smallest absolute Gasteiger partial charge is 0.281 e. The van der Waals surface area contributed by atoms with Gasteiger partial charge in [0.15, 0.2) is 0 Å². The molecule has 5 aromatic rings. The quantitative estimate of drug-likeness (QED) is 0.230. The fourth-order valence-corrected chi connectivity index (χ4v) is 7.50. The van der Waals surface area contributed by atoms with Gasteiger partial charge in [0.25, 0.3) is 5.56 Å². The Morgan fingerprint density at radius 1 is 1.11 bits per heavy atom. The number of halogens is 2. The highest BCUT2D eigenvalue weighted by atomic mass is 35.5. The molecule has 5 heterocycles. The number of anilines is 2. The molecule has 2 amide bonds. The van der Waals surface area contributed by atoms with E-state index >= 15 is 4.39 Å². The predicted molar refractivity (Wildman–Crippen MR) is 182 cm³/mol. The highest BCUT2D eigenvalue weighted by Gasteiger charge is 2.44. The van der Waals surface area contributed by atoms with Crippen molar-refractivity contribution in [1.82, 2.24) is 24.6 Å². The van der Waals surface area contributed by atoms with E-state index in [0.717, 1.165) is 11.1 Å². The Balaban J connectivity index is 1.63. The zero-order valence-electron chi connectivity index (χ0n) is 26.6. The number of aromatic nitrogens is 4. The van der Waals surface area contributed by atoms with E-state index in [4.69, 9.17) is 11.6 Å². The molecule has 10 nitrogen and oxygen atoms in total. The van der Waals surface area contributed by atoms with Gasteiger partial charge in [0.05, 0.1) is 45.9 Å². The molecule has 3 aromatic heterocycles. The van der Waals surface area contributed by atoms with Crippen molar-refractivity contribution in [2.24, 2.45) is 0 Å². The number of aromatic amines is 1. The van der Waals surface area contributed by atoms with Gasteiger partial charge in [-0.25, -0.2) is 4.39 Å². The molecule has 240 valence electrons. The molecule has 0 spiro atoms. The van der Waals surface area contributed by atoms with Gasteiger partial charge in [0.1, 0.15) is 17.5 Å². The third-order valence-corrected chi connectivity index (χ3v) is 9.73. The van der Waals surface area contributed by atoms with Crippen molar-refractivity contribution in [3.63, 3.8) is 0 Å². The second-order valence-electron chi connectivity index (χ2n) is 12.6. The first-order chi connectivity index (χ1) is 22.4. The lowest BCUT2D eigenvalue weighted by atomic mass is 9.93. The van der Waals surface area contributed by atoms with Crippen LogP contribution in [0.1, 0.15) is 43.5 Å². The number of hydrogen-bond donors (Lipinski definition) is 2. The highest BCUT2D eigenvalue weighted by molar-refractivity contribution is 6.39. The minimum atomic E-state index is -0.823. The summed E-state index contributed by atoms with van der Waals surface area (Å²) in [6.45, 7) is 13.5. The molecule has 2 unspecified atom stereocenters. The van der Waals surface area contributed by atoms with Crippen molar-refractivity contribution >= 4 is 56.6 Å². The number of carbonyl (C=O) groups is 2. The molecule has 2 aliphatic heterocycles. The number of aryl methyl sites for hydroxylation is 2. The summed E-state index contributed by atoms with van der Waals surface area (Å²) in [5, 5.41) is 11.0. The fourth-order valence-electron chi connectivity index (χ4n) is 7.13. The number of nitrogens with one attached hydrogen (secondary N) is 2. The molecule has 0 bridgehead atoms. The number of rotatable bonds is 4. The minimum Gasteiger partial charge on any atom is -0.354 e. The summed E-state index contributed by atoms with van der Waals surface area (Å²) in [7, 11) is 0. The zero-order valence-corrected chi connectivity index (χ0v) is 27.4. The van der Waals surface area contributed by atoms with Gasteiger partial charge in [0.2, 0.25) is 11.8 Å². The molecule has 7 rings (SSSR count). The summed E-state index contributed by atoms with van der Waals surface area (Å²) in [5.41, 5.74) is 4.24. The van der Waals surface area contributed by atoms with Gasteiger partial charge < -0.3 is 15.1 Å². The average molecular weight is 654 g/mol. The molecular weight excluding hydrogens is 621 g/mol. The maximum absolute atomic E-state index is 16.8. The SMILES string of the molecule is C=CC(=O)N1CC2C(=O)Nc3c(c4cc(F)c(-c5c(C)ccc6[nH]ncc56)c(Cl)c4n(-c4c(C)ccnc4C(C)C)c3=O)N2CC1C. The molecule has 2 aromatic carbocycles. The van der Waals surface area contributed by atoms with Gasteiger partial charge in [-0.2, -0.15) is 5.10 Å². The van der Waals surface area contributed by atoms with Crippen molar-refractivity contribution in [3.05, 3.63) is 87.3 Å². The normalized spacial score (nSPS) is 17.7. The molecule has 1 fully saturated rings. The van der Waals surface area contributed by atoms with E-state index in [2.05, 4.69) is 27.1 Å². The van der Waals surface area contributed by atoms with Gasteiger partial charge >= 0.3 is 0 Å². The largest absolute Gasteiger partial charge is 0.354 e. The number of hydrogen-bond acceptors (Lipinski definition) is 6. The number of carbonyl (C=O) groups excluding carboxylic acids is 2. The van der Waals surface area contributed by atoms with E-state index in [-0.39, 0.29) is 52.7 Å². The molecule has 2 N–H and O–H groups in total. The zero-order chi connectivity index (χ0) is 33.5. The third-order valence-electron chi connectivity index (χ3n) is 9.37. The van der Waals surface area contributed by atoms with Crippen LogP contribution in [0.15, 0.2) is 54.1 Å². The minimum absolute atomic E-state index is 0.0174. The van der Waals surface area contributed by atoms with E-state index in [1.165, 1.54) is 16.7 Å². The number of fused-ring (bicyclic) bond motifs is 6. The number of piperazine rings is 1. The van der Waals surface area contributed by atoms with Gasteiger partial charge in [-0.15, -0.1) is 0 Å². The van der Waals surface area contributed by atoms with Gasteiger partial charge in [-0.05, 0) is 62.1 Å². The molecule has 1 saturated heterocycles. The lowest BCUT2D eigenvalue weighted by Crippen LogP contribution is -2.64. The van der Waals surface area contributed by atoms with Crippen LogP contribution in [0.3, 0.4) is 0 Å². The summed E-state index contributed by atoms with van der Waals surface area (Å²) < 4.78 is 18.3. The van der Waals surface area contributed by atoms with Crippen LogP contribution in [0.2, 0.25) is 5.02 Å². The second kappa shape index (κ2) is 11.0. The number of benzene rings is 2. The summed E-state index contributed by atoms with van der Waals surface area (Å²) >= 11 is 7.37. The van der Waals surface area contributed by atoms with E-state index in [9.17, 15) is 14.4 Å². The van der Waals surface area contributed by atoms with E-state index in [1.54, 1.807) is 28.3 Å². The predicted octanol–water partition coefficient (Wildman–Crippen LogP) is 6.01. The van der Waals surface area contributed by atoms with Gasteiger partial charge in [-0.1, -0.05) is 38.1 Å². The van der Waals surface area contributed by atoms with Crippen molar-refractivity contribution in [2.75, 3.05) is 23.3 Å². The van der Waals surface area contributed by atoms with Gasteiger partial charge in [0, 0.05) is 40.7 Å². The van der Waals surface area contributed by atoms with Crippen LogP contribution in [-0.2, 0) is 9.59 Å². The third kappa shape index (κ3) is 4.47. The monoisotopic (exact) mass is 653 g/mol. The molecule has 0 radical (unpaired) electrons. The number of H-pyrrole nitrogens is 1. The maximum Gasteiger partial charge on any atom is 0.281 e. The first kappa shape index (κ1) is 30.6. The topological polar surface area (TPSA) is 116 Å². The Morgan fingerprint density at radius 2 is 1.87 bits per heavy atom. The van der Waals surface area contributed by atoms with Crippen LogP contribution in [-0.4, -0.2) is 61.6 Å². The number of amides is 2. The van der Waals surface area contributed by atoms with Crippen molar-refractivity contribution < 1.29 is 14.0 Å². The van der Waals surface area contributed by atoms with Gasteiger partial charge in [-0.3, -0.25) is 29.0 Å². The second-order valence-corrected chi connectivity index (χ2v) is 13.0. The Morgan fingerprint density at radius 3 is 2.60 bits per heavy atom. The van der Waals surface area contributed by atoms with Crippen LogP contribution in [0.5, 0.6) is 0 Å². The standard InChI is InChI=1S/C35H33ClFN7O3/c1-7-25(45)42-15-24-34(46)40-30-33(43(24)14-19(42)6)20-12-22(37)27(26-17(4)8-9-23-21(26)13-39-41-23)28(36)32(20)44(35(30)47)31-18(5)10-11-38-29(31)16(2)3/h7-13,16,19,24H,1,14-15H2,2-6H3,(H,39,41)(H,40,46).